The van der Waals surface area contributed by atoms with Crippen LogP contribution in [0.25, 0.3) is 0 Å². The molecule has 5 heteroatoms. The number of rotatable bonds is 6. The summed E-state index contributed by atoms with van der Waals surface area (Å²) in [5, 5.41) is 13.9. The molecule has 1 rings (SSSR count). The van der Waals surface area contributed by atoms with E-state index in [1.807, 2.05) is 7.05 Å². The summed E-state index contributed by atoms with van der Waals surface area (Å²) in [6.07, 6.45) is 2.99. The Kier molecular flexibility index (Phi) is 5.03. The van der Waals surface area contributed by atoms with Crippen molar-refractivity contribution in [3.05, 3.63) is 33.6 Å². The van der Waals surface area contributed by atoms with Crippen LogP contribution in [0.5, 0.6) is 0 Å². The zero-order valence-electron chi connectivity index (χ0n) is 10.6. The Bertz CT molecular complexity index is 393. The van der Waals surface area contributed by atoms with Gasteiger partial charge in [0.05, 0.1) is 4.92 Å². The number of hydrogen-bond donors (Lipinski definition) is 1. The summed E-state index contributed by atoms with van der Waals surface area (Å²) in [4.78, 5) is 14.6. The predicted molar refractivity (Wildman–Crippen MR) is 67.1 cm³/mol. The molecule has 0 bridgehead atoms. The van der Waals surface area contributed by atoms with Crippen LogP contribution in [0.15, 0.2) is 12.1 Å². The fourth-order valence-electron chi connectivity index (χ4n) is 1.86. The number of nitrogens with one attached hydrogen (secondary N) is 1. The number of aromatic nitrogens is 1. The second kappa shape index (κ2) is 6.30. The SMILES string of the molecule is CCCC(Cc1ccc([N+](=O)[O-])c(C)n1)NC. The number of pyridine rings is 1. The second-order valence-electron chi connectivity index (χ2n) is 4.14. The number of nitrogens with zero attached hydrogens (tertiary/aromatic N) is 2. The van der Waals surface area contributed by atoms with Crippen LogP contribution in [0.3, 0.4) is 0 Å². The van der Waals surface area contributed by atoms with Gasteiger partial charge in [-0.15, -0.1) is 0 Å². The zero-order valence-corrected chi connectivity index (χ0v) is 10.6. The molecule has 0 radical (unpaired) electrons. The standard InChI is InChI=1S/C12H19N3O2/c1-4-5-10(13-3)8-11-6-7-12(15(16)17)9(2)14-11/h6-7,10,13H,4-5,8H2,1-3H3. The smallest absolute Gasteiger partial charge is 0.290 e. The lowest BCUT2D eigenvalue weighted by Gasteiger charge is -2.14. The molecule has 0 aliphatic heterocycles. The van der Waals surface area contributed by atoms with Crippen LogP contribution in [0.1, 0.15) is 31.2 Å². The van der Waals surface area contributed by atoms with E-state index in [2.05, 4.69) is 17.2 Å². The zero-order chi connectivity index (χ0) is 12.8. The van der Waals surface area contributed by atoms with Gasteiger partial charge >= 0.3 is 0 Å². The van der Waals surface area contributed by atoms with E-state index in [9.17, 15) is 10.1 Å². The molecule has 0 spiro atoms. The molecule has 0 aliphatic rings. The molecule has 0 fully saturated rings. The van der Waals surface area contributed by atoms with Gasteiger partial charge in [0.1, 0.15) is 5.69 Å². The van der Waals surface area contributed by atoms with E-state index in [1.54, 1.807) is 13.0 Å². The van der Waals surface area contributed by atoms with Crippen molar-refractivity contribution in [2.75, 3.05) is 7.05 Å². The lowest BCUT2D eigenvalue weighted by Crippen LogP contribution is -2.27. The minimum Gasteiger partial charge on any atom is -0.317 e. The first-order chi connectivity index (χ1) is 8.08. The van der Waals surface area contributed by atoms with Gasteiger partial charge in [-0.05, 0) is 26.5 Å². The van der Waals surface area contributed by atoms with E-state index < -0.39 is 4.92 Å². The van der Waals surface area contributed by atoms with Crippen molar-refractivity contribution in [3.8, 4) is 0 Å². The van der Waals surface area contributed by atoms with Gasteiger partial charge in [0.2, 0.25) is 0 Å². The summed E-state index contributed by atoms with van der Waals surface area (Å²) >= 11 is 0. The van der Waals surface area contributed by atoms with Crippen molar-refractivity contribution in [3.63, 3.8) is 0 Å². The van der Waals surface area contributed by atoms with Crippen LogP contribution in [-0.2, 0) is 6.42 Å². The Balaban J connectivity index is 2.79. The Morgan fingerprint density at radius 1 is 1.53 bits per heavy atom. The van der Waals surface area contributed by atoms with Gasteiger partial charge in [-0.2, -0.15) is 0 Å². The average Bonchev–Trinajstić information content (AvgIpc) is 2.28. The predicted octanol–water partition coefficient (Wildman–Crippen LogP) is 2.23. The maximum Gasteiger partial charge on any atom is 0.290 e. The van der Waals surface area contributed by atoms with Gasteiger partial charge in [0, 0.05) is 24.2 Å². The summed E-state index contributed by atoms with van der Waals surface area (Å²) in [7, 11) is 1.93. The quantitative estimate of drug-likeness (QED) is 0.608. The number of nitro groups is 1. The van der Waals surface area contributed by atoms with Crippen molar-refractivity contribution in [1.29, 1.82) is 0 Å². The van der Waals surface area contributed by atoms with E-state index >= 15 is 0 Å². The molecule has 0 saturated heterocycles. The van der Waals surface area contributed by atoms with Crippen molar-refractivity contribution in [2.24, 2.45) is 0 Å². The topological polar surface area (TPSA) is 68.1 Å². The van der Waals surface area contributed by atoms with Crippen molar-refractivity contribution >= 4 is 5.69 Å². The fraction of sp³-hybridized carbons (Fsp3) is 0.583. The van der Waals surface area contributed by atoms with Crippen LogP contribution in [0, 0.1) is 17.0 Å². The average molecular weight is 237 g/mol. The third-order valence-electron chi connectivity index (χ3n) is 2.81. The van der Waals surface area contributed by atoms with Gasteiger partial charge in [-0.3, -0.25) is 15.1 Å². The highest BCUT2D eigenvalue weighted by molar-refractivity contribution is 5.35. The van der Waals surface area contributed by atoms with Crippen molar-refractivity contribution in [1.82, 2.24) is 10.3 Å². The summed E-state index contributed by atoms with van der Waals surface area (Å²) in [6.45, 7) is 3.81. The number of aryl methyl sites for hydroxylation is 1. The molecule has 1 aromatic heterocycles. The third-order valence-corrected chi connectivity index (χ3v) is 2.81. The van der Waals surface area contributed by atoms with Gasteiger partial charge < -0.3 is 5.32 Å². The normalized spacial score (nSPS) is 12.4. The monoisotopic (exact) mass is 237 g/mol. The highest BCUT2D eigenvalue weighted by Crippen LogP contribution is 2.16. The summed E-state index contributed by atoms with van der Waals surface area (Å²) < 4.78 is 0. The molecule has 17 heavy (non-hydrogen) atoms. The molecule has 5 nitrogen and oxygen atoms in total. The molecule has 94 valence electrons. The van der Waals surface area contributed by atoms with Crippen LogP contribution in [-0.4, -0.2) is 23.0 Å². The minimum atomic E-state index is -0.395. The molecule has 1 heterocycles. The molecular weight excluding hydrogens is 218 g/mol. The minimum absolute atomic E-state index is 0.0882. The molecule has 1 atom stereocenters. The Hall–Kier alpha value is -1.49. The van der Waals surface area contributed by atoms with Crippen molar-refractivity contribution < 1.29 is 4.92 Å². The van der Waals surface area contributed by atoms with Crippen LogP contribution in [0.2, 0.25) is 0 Å². The van der Waals surface area contributed by atoms with E-state index in [0.717, 1.165) is 25.0 Å². The van der Waals surface area contributed by atoms with E-state index in [-0.39, 0.29) is 5.69 Å². The van der Waals surface area contributed by atoms with Crippen molar-refractivity contribution in [2.45, 2.75) is 39.2 Å². The van der Waals surface area contributed by atoms with Gasteiger partial charge in [-0.25, -0.2) is 0 Å². The lowest BCUT2D eigenvalue weighted by atomic mass is 10.1. The van der Waals surface area contributed by atoms with Gasteiger partial charge in [0.15, 0.2) is 0 Å². The fourth-order valence-corrected chi connectivity index (χ4v) is 1.86. The summed E-state index contributed by atoms with van der Waals surface area (Å²) in [5.74, 6) is 0. The Morgan fingerprint density at radius 2 is 2.24 bits per heavy atom. The Morgan fingerprint density at radius 3 is 2.71 bits per heavy atom. The van der Waals surface area contributed by atoms with E-state index in [4.69, 9.17) is 0 Å². The largest absolute Gasteiger partial charge is 0.317 e. The number of hydrogen-bond acceptors (Lipinski definition) is 4. The van der Waals surface area contributed by atoms with Crippen LogP contribution < -0.4 is 5.32 Å². The Labute approximate surface area is 101 Å². The molecule has 1 aromatic rings. The highest BCUT2D eigenvalue weighted by Gasteiger charge is 2.13. The molecule has 1 unspecified atom stereocenters. The first-order valence-electron chi connectivity index (χ1n) is 5.86. The van der Waals surface area contributed by atoms with Crippen LogP contribution in [0.4, 0.5) is 5.69 Å². The maximum atomic E-state index is 10.7. The lowest BCUT2D eigenvalue weighted by molar-refractivity contribution is -0.385. The van der Waals surface area contributed by atoms with Crippen LogP contribution >= 0.6 is 0 Å². The first kappa shape index (κ1) is 13.6. The van der Waals surface area contributed by atoms with Gasteiger partial charge in [0.25, 0.3) is 5.69 Å². The molecule has 0 aromatic carbocycles. The second-order valence-corrected chi connectivity index (χ2v) is 4.14. The summed E-state index contributed by atoms with van der Waals surface area (Å²) in [6, 6.07) is 3.66. The first-order valence-corrected chi connectivity index (χ1v) is 5.86. The molecule has 0 aliphatic carbocycles. The van der Waals surface area contributed by atoms with E-state index in [0.29, 0.717) is 11.7 Å². The maximum absolute atomic E-state index is 10.7. The molecular formula is C12H19N3O2. The number of likely N-dealkylation sites (N-methyl/N-ethyl adjacent to an activating group) is 1. The third kappa shape index (κ3) is 3.78. The van der Waals surface area contributed by atoms with Gasteiger partial charge in [-0.1, -0.05) is 13.3 Å². The molecule has 1 N–H and O–H groups in total. The van der Waals surface area contributed by atoms with E-state index in [1.165, 1.54) is 6.07 Å². The highest BCUT2D eigenvalue weighted by atomic mass is 16.6. The molecule has 0 saturated carbocycles. The molecule has 0 amide bonds. The summed E-state index contributed by atoms with van der Waals surface area (Å²) in [5.41, 5.74) is 1.48.